The molecule has 0 saturated carbocycles. The second-order valence-corrected chi connectivity index (χ2v) is 7.77. The van der Waals surface area contributed by atoms with Gasteiger partial charge in [-0.1, -0.05) is 11.6 Å². The number of amides is 3. The van der Waals surface area contributed by atoms with Crippen LogP contribution >= 0.6 is 11.6 Å². The molecule has 2 aromatic heterocycles. The smallest absolute Gasteiger partial charge is 0.277 e. The Morgan fingerprint density at radius 1 is 1.06 bits per heavy atom. The zero-order valence-electron chi connectivity index (χ0n) is 17.5. The summed E-state index contributed by atoms with van der Waals surface area (Å²) in [5.74, 6) is -2.73. The number of halogens is 2. The first-order chi connectivity index (χ1) is 16.3. The highest BCUT2D eigenvalue weighted by Crippen LogP contribution is 2.26. The quantitative estimate of drug-likeness (QED) is 0.506. The third-order valence-electron chi connectivity index (χ3n) is 5.02. The van der Waals surface area contributed by atoms with Gasteiger partial charge in [-0.25, -0.2) is 19.3 Å². The van der Waals surface area contributed by atoms with Crippen LogP contribution in [-0.2, 0) is 4.79 Å². The number of anilines is 3. The van der Waals surface area contributed by atoms with Crippen LogP contribution in [0.4, 0.5) is 21.6 Å². The number of rotatable bonds is 5. The summed E-state index contributed by atoms with van der Waals surface area (Å²) in [6.45, 7) is 0.349. The average Bonchev–Trinajstić information content (AvgIpc) is 2.83. The fourth-order valence-corrected chi connectivity index (χ4v) is 3.47. The van der Waals surface area contributed by atoms with E-state index in [9.17, 15) is 23.9 Å². The van der Waals surface area contributed by atoms with Crippen molar-refractivity contribution in [3.8, 4) is 0 Å². The molecule has 1 aromatic carbocycles. The first-order valence-electron chi connectivity index (χ1n) is 10.2. The van der Waals surface area contributed by atoms with Crippen LogP contribution in [0.3, 0.4) is 0 Å². The molecule has 12 heteroatoms. The molecule has 4 rings (SSSR count). The largest absolute Gasteiger partial charge is 0.383 e. The number of aliphatic hydroxyl groups is 1. The monoisotopic (exact) mass is 484 g/mol. The second-order valence-electron chi connectivity index (χ2n) is 7.34. The summed E-state index contributed by atoms with van der Waals surface area (Å²) in [5, 5.41) is 15.0. The van der Waals surface area contributed by atoms with Crippen LogP contribution in [0.15, 0.2) is 48.9 Å². The first-order valence-corrected chi connectivity index (χ1v) is 10.6. The Kier molecular flexibility index (Phi) is 6.75. The molecule has 34 heavy (non-hydrogen) atoms. The molecule has 10 nitrogen and oxygen atoms in total. The van der Waals surface area contributed by atoms with Crippen LogP contribution in [0.2, 0.25) is 5.02 Å². The van der Waals surface area contributed by atoms with Gasteiger partial charge in [-0.2, -0.15) is 0 Å². The number of pyridine rings is 1. The Hall–Kier alpha value is -3.96. The van der Waals surface area contributed by atoms with Crippen molar-refractivity contribution in [3.63, 3.8) is 0 Å². The molecular formula is C22H18ClFN6O4. The number of aliphatic hydroxyl groups excluding tert-OH is 1. The van der Waals surface area contributed by atoms with E-state index in [1.807, 2.05) is 0 Å². The van der Waals surface area contributed by atoms with Crippen LogP contribution in [0.1, 0.15) is 33.8 Å². The Morgan fingerprint density at radius 2 is 1.76 bits per heavy atom. The minimum absolute atomic E-state index is 0.185. The lowest BCUT2D eigenvalue weighted by Gasteiger charge is -2.30. The van der Waals surface area contributed by atoms with Gasteiger partial charge in [-0.15, -0.1) is 0 Å². The summed E-state index contributed by atoms with van der Waals surface area (Å²) in [5.41, 5.74) is -0.544. The van der Waals surface area contributed by atoms with Crippen molar-refractivity contribution in [2.75, 3.05) is 22.1 Å². The van der Waals surface area contributed by atoms with Crippen LogP contribution in [-0.4, -0.2) is 50.4 Å². The predicted molar refractivity (Wildman–Crippen MR) is 121 cm³/mol. The molecule has 174 valence electrons. The van der Waals surface area contributed by atoms with Gasteiger partial charge in [0, 0.05) is 30.8 Å². The van der Waals surface area contributed by atoms with E-state index in [-0.39, 0.29) is 28.6 Å². The molecule has 1 unspecified atom stereocenters. The number of carbonyl (C=O) groups is 3. The number of aromatic nitrogens is 3. The van der Waals surface area contributed by atoms with E-state index in [0.29, 0.717) is 24.4 Å². The van der Waals surface area contributed by atoms with E-state index >= 15 is 0 Å². The van der Waals surface area contributed by atoms with E-state index in [1.165, 1.54) is 47.8 Å². The van der Waals surface area contributed by atoms with Crippen LogP contribution < -0.4 is 15.5 Å². The summed E-state index contributed by atoms with van der Waals surface area (Å²) in [7, 11) is 0. The van der Waals surface area contributed by atoms with Crippen molar-refractivity contribution in [2.24, 2.45) is 0 Å². The third kappa shape index (κ3) is 5.00. The van der Waals surface area contributed by atoms with Crippen LogP contribution in [0, 0.1) is 5.82 Å². The standard InChI is InChI=1S/C22H18ClFN6O4/c23-12-3-6-17(27-11-12)29-21(33)19-18(25-7-8-26-19)20(32)28-15-5-4-13(10-14(15)24)30-9-1-2-16(31)22(30)34/h3-8,10-11,16,31H,1-2,9H2,(H,28,32)(H,27,29,33). The van der Waals surface area contributed by atoms with Crippen molar-refractivity contribution in [1.29, 1.82) is 0 Å². The number of hydrogen-bond acceptors (Lipinski definition) is 7. The first kappa shape index (κ1) is 23.2. The zero-order valence-corrected chi connectivity index (χ0v) is 18.3. The number of benzene rings is 1. The Bertz CT molecular complexity index is 1260. The van der Waals surface area contributed by atoms with Crippen molar-refractivity contribution in [1.82, 2.24) is 15.0 Å². The molecule has 0 spiro atoms. The van der Waals surface area contributed by atoms with E-state index < -0.39 is 29.6 Å². The van der Waals surface area contributed by atoms with Gasteiger partial charge in [-0.05, 0) is 43.2 Å². The molecule has 3 N–H and O–H groups in total. The van der Waals surface area contributed by atoms with E-state index in [2.05, 4.69) is 25.6 Å². The summed E-state index contributed by atoms with van der Waals surface area (Å²) in [6.07, 6.45) is 3.61. The van der Waals surface area contributed by atoms with Gasteiger partial charge in [0.15, 0.2) is 11.4 Å². The van der Waals surface area contributed by atoms with Crippen molar-refractivity contribution < 1.29 is 23.9 Å². The zero-order chi connectivity index (χ0) is 24.2. The lowest BCUT2D eigenvalue weighted by atomic mass is 10.1. The molecule has 1 atom stereocenters. The molecule has 3 amide bonds. The highest BCUT2D eigenvalue weighted by atomic mass is 35.5. The second kappa shape index (κ2) is 9.89. The molecule has 1 fully saturated rings. The summed E-state index contributed by atoms with van der Waals surface area (Å²) in [4.78, 5) is 50.6. The lowest BCUT2D eigenvalue weighted by Crippen LogP contribution is -2.44. The van der Waals surface area contributed by atoms with Crippen molar-refractivity contribution >= 4 is 46.5 Å². The molecule has 1 aliphatic heterocycles. The topological polar surface area (TPSA) is 137 Å². The van der Waals surface area contributed by atoms with Crippen molar-refractivity contribution in [2.45, 2.75) is 18.9 Å². The summed E-state index contributed by atoms with van der Waals surface area (Å²) < 4.78 is 14.7. The SMILES string of the molecule is O=C(Nc1ccc(Cl)cn1)c1nccnc1C(=O)Nc1ccc(N2CCCC(O)C2=O)cc1F. The average molecular weight is 485 g/mol. The van der Waals surface area contributed by atoms with Crippen LogP contribution in [0.5, 0.6) is 0 Å². The van der Waals surface area contributed by atoms with Gasteiger partial charge in [-0.3, -0.25) is 14.4 Å². The fourth-order valence-electron chi connectivity index (χ4n) is 3.36. The number of carbonyl (C=O) groups excluding carboxylic acids is 3. The van der Waals surface area contributed by atoms with E-state index in [0.717, 1.165) is 6.07 Å². The minimum Gasteiger partial charge on any atom is -0.383 e. The molecular weight excluding hydrogens is 467 g/mol. The summed E-state index contributed by atoms with van der Waals surface area (Å²) in [6, 6.07) is 6.82. The van der Waals surface area contributed by atoms with Gasteiger partial charge in [0.05, 0.1) is 10.7 Å². The van der Waals surface area contributed by atoms with E-state index in [4.69, 9.17) is 11.6 Å². The molecule has 3 heterocycles. The van der Waals surface area contributed by atoms with Gasteiger partial charge in [0.1, 0.15) is 17.7 Å². The third-order valence-corrected chi connectivity index (χ3v) is 5.24. The molecule has 0 aliphatic carbocycles. The number of hydrogen-bond donors (Lipinski definition) is 3. The molecule has 0 radical (unpaired) electrons. The van der Waals surface area contributed by atoms with Gasteiger partial charge in [0.2, 0.25) is 0 Å². The molecule has 0 bridgehead atoms. The number of nitrogens with zero attached hydrogens (tertiary/aromatic N) is 4. The Labute approximate surface area is 197 Å². The minimum atomic E-state index is -1.12. The lowest BCUT2D eigenvalue weighted by molar-refractivity contribution is -0.128. The molecule has 1 aliphatic rings. The fraction of sp³-hybridized carbons (Fsp3) is 0.182. The molecule has 3 aromatic rings. The summed E-state index contributed by atoms with van der Waals surface area (Å²) >= 11 is 5.78. The Balaban J connectivity index is 1.51. The molecule has 1 saturated heterocycles. The maximum Gasteiger partial charge on any atom is 0.277 e. The Morgan fingerprint density at radius 3 is 2.41 bits per heavy atom. The van der Waals surface area contributed by atoms with E-state index in [1.54, 1.807) is 0 Å². The van der Waals surface area contributed by atoms with Gasteiger partial charge >= 0.3 is 0 Å². The maximum atomic E-state index is 14.7. The highest BCUT2D eigenvalue weighted by molar-refractivity contribution is 6.30. The van der Waals surface area contributed by atoms with Crippen LogP contribution in [0.25, 0.3) is 0 Å². The normalized spacial score (nSPS) is 15.7. The maximum absolute atomic E-state index is 14.7. The number of piperidine rings is 1. The van der Waals surface area contributed by atoms with Crippen molar-refractivity contribution in [3.05, 3.63) is 71.2 Å². The van der Waals surface area contributed by atoms with Gasteiger partial charge < -0.3 is 20.6 Å². The van der Waals surface area contributed by atoms with Gasteiger partial charge in [0.25, 0.3) is 17.7 Å². The highest BCUT2D eigenvalue weighted by Gasteiger charge is 2.28. The predicted octanol–water partition coefficient (Wildman–Crippen LogP) is 2.66. The number of nitrogens with one attached hydrogen (secondary N) is 2.